The van der Waals surface area contributed by atoms with Crippen LogP contribution in [0.3, 0.4) is 0 Å². The summed E-state index contributed by atoms with van der Waals surface area (Å²) >= 11 is 1.45. The third-order valence-electron chi connectivity index (χ3n) is 3.48. The molecule has 0 amide bonds. The first-order valence-corrected chi connectivity index (χ1v) is 7.07. The molecule has 1 aromatic carbocycles. The van der Waals surface area contributed by atoms with Gasteiger partial charge >= 0.3 is 5.97 Å². The lowest BCUT2D eigenvalue weighted by atomic mass is 9.94. The average molecular weight is 292 g/mol. The number of benzene rings is 1. The Bertz CT molecular complexity index is 643. The fourth-order valence-corrected chi connectivity index (χ4v) is 3.21. The van der Waals surface area contributed by atoms with E-state index in [1.807, 2.05) is 6.07 Å². The van der Waals surface area contributed by atoms with Crippen molar-refractivity contribution in [3.8, 4) is 0 Å². The van der Waals surface area contributed by atoms with Crippen LogP contribution in [0, 0.1) is 5.82 Å². The van der Waals surface area contributed by atoms with E-state index in [0.29, 0.717) is 13.0 Å². The van der Waals surface area contributed by atoms with Gasteiger partial charge in [0.05, 0.1) is 5.56 Å². The standard InChI is InChI=1S/C14H13FN2O2S/c15-10-5-9-7-17(8-11-1-3-16-20-11)4-2-12(9)13(6-10)14(18)19/h1,3,5-6H,2,4,7-8H2,(H,18,19). The summed E-state index contributed by atoms with van der Waals surface area (Å²) in [4.78, 5) is 14.5. The molecule has 0 radical (unpaired) electrons. The molecule has 0 unspecified atom stereocenters. The van der Waals surface area contributed by atoms with Crippen molar-refractivity contribution in [2.24, 2.45) is 0 Å². The molecule has 2 heterocycles. The predicted octanol–water partition coefficient (Wildman–Crippen LogP) is 2.54. The van der Waals surface area contributed by atoms with Crippen LogP contribution in [0.5, 0.6) is 0 Å². The molecule has 0 aliphatic carbocycles. The van der Waals surface area contributed by atoms with Gasteiger partial charge in [-0.15, -0.1) is 0 Å². The number of fused-ring (bicyclic) bond motifs is 1. The van der Waals surface area contributed by atoms with E-state index in [9.17, 15) is 9.18 Å². The van der Waals surface area contributed by atoms with Crippen LogP contribution in [-0.4, -0.2) is 26.9 Å². The van der Waals surface area contributed by atoms with Gasteiger partial charge in [0.15, 0.2) is 0 Å². The monoisotopic (exact) mass is 292 g/mol. The van der Waals surface area contributed by atoms with Gasteiger partial charge in [0.2, 0.25) is 0 Å². The average Bonchev–Trinajstić information content (AvgIpc) is 2.90. The molecule has 104 valence electrons. The molecule has 6 heteroatoms. The fourth-order valence-electron chi connectivity index (χ4n) is 2.59. The molecular formula is C14H13FN2O2S. The van der Waals surface area contributed by atoms with E-state index < -0.39 is 11.8 Å². The van der Waals surface area contributed by atoms with E-state index in [1.165, 1.54) is 17.6 Å². The first-order valence-electron chi connectivity index (χ1n) is 6.30. The molecule has 1 aromatic heterocycles. The van der Waals surface area contributed by atoms with E-state index in [2.05, 4.69) is 9.27 Å². The van der Waals surface area contributed by atoms with Crippen LogP contribution in [0.4, 0.5) is 4.39 Å². The molecule has 1 aliphatic heterocycles. The molecule has 4 nitrogen and oxygen atoms in total. The van der Waals surface area contributed by atoms with Crippen molar-refractivity contribution in [3.63, 3.8) is 0 Å². The number of carbonyl (C=O) groups is 1. The van der Waals surface area contributed by atoms with Crippen molar-refractivity contribution < 1.29 is 14.3 Å². The molecule has 2 aromatic rings. The Morgan fingerprint density at radius 1 is 1.50 bits per heavy atom. The van der Waals surface area contributed by atoms with Crippen molar-refractivity contribution in [1.29, 1.82) is 0 Å². The number of hydrogen-bond acceptors (Lipinski definition) is 4. The highest BCUT2D eigenvalue weighted by Gasteiger charge is 2.23. The summed E-state index contributed by atoms with van der Waals surface area (Å²) in [6.45, 7) is 2.12. The number of rotatable bonds is 3. The number of carboxylic acids is 1. The minimum atomic E-state index is -1.06. The third-order valence-corrected chi connectivity index (χ3v) is 4.21. The molecule has 0 atom stereocenters. The molecular weight excluding hydrogens is 279 g/mol. The van der Waals surface area contributed by atoms with E-state index in [-0.39, 0.29) is 5.56 Å². The molecule has 0 spiro atoms. The second-order valence-electron chi connectivity index (χ2n) is 4.84. The van der Waals surface area contributed by atoms with Crippen LogP contribution < -0.4 is 0 Å². The Labute approximate surface area is 119 Å². The number of nitrogens with zero attached hydrogens (tertiary/aromatic N) is 2. The Morgan fingerprint density at radius 2 is 2.35 bits per heavy atom. The second kappa shape index (κ2) is 5.30. The summed E-state index contributed by atoms with van der Waals surface area (Å²) in [5.74, 6) is -1.54. The van der Waals surface area contributed by atoms with Gasteiger partial charge in [0, 0.05) is 30.7 Å². The lowest BCUT2D eigenvalue weighted by molar-refractivity contribution is 0.0694. The molecule has 0 fully saturated rings. The van der Waals surface area contributed by atoms with Crippen molar-refractivity contribution >= 4 is 17.5 Å². The van der Waals surface area contributed by atoms with Crippen molar-refractivity contribution in [2.75, 3.05) is 6.54 Å². The normalized spacial score (nSPS) is 15.1. The highest BCUT2D eigenvalue weighted by Crippen LogP contribution is 2.25. The number of aromatic nitrogens is 1. The Hall–Kier alpha value is -1.79. The molecule has 0 bridgehead atoms. The topological polar surface area (TPSA) is 53.4 Å². The van der Waals surface area contributed by atoms with Crippen LogP contribution in [-0.2, 0) is 19.5 Å². The summed E-state index contributed by atoms with van der Waals surface area (Å²) < 4.78 is 17.6. The zero-order valence-corrected chi connectivity index (χ0v) is 11.5. The number of carboxylic acid groups (broad SMARTS) is 1. The van der Waals surface area contributed by atoms with E-state index in [4.69, 9.17) is 5.11 Å². The Kier molecular flexibility index (Phi) is 3.50. The molecule has 0 saturated carbocycles. The Morgan fingerprint density at radius 3 is 3.05 bits per heavy atom. The minimum absolute atomic E-state index is 0.0949. The van der Waals surface area contributed by atoms with E-state index in [1.54, 1.807) is 6.20 Å². The molecule has 1 N–H and O–H groups in total. The van der Waals surface area contributed by atoms with Crippen molar-refractivity contribution in [1.82, 2.24) is 9.27 Å². The lowest BCUT2D eigenvalue weighted by Gasteiger charge is -2.29. The molecule has 3 rings (SSSR count). The van der Waals surface area contributed by atoms with Crippen LogP contribution in [0.1, 0.15) is 26.4 Å². The zero-order valence-electron chi connectivity index (χ0n) is 10.7. The number of aromatic carboxylic acids is 1. The first kappa shape index (κ1) is 13.2. The quantitative estimate of drug-likeness (QED) is 0.944. The second-order valence-corrected chi connectivity index (χ2v) is 5.75. The van der Waals surface area contributed by atoms with Crippen molar-refractivity contribution in [2.45, 2.75) is 19.5 Å². The van der Waals surface area contributed by atoms with Gasteiger partial charge in [-0.3, -0.25) is 4.90 Å². The zero-order chi connectivity index (χ0) is 14.1. The van der Waals surface area contributed by atoms with Crippen LogP contribution in [0.15, 0.2) is 24.4 Å². The summed E-state index contributed by atoms with van der Waals surface area (Å²) in [6, 6.07) is 4.52. The number of halogens is 1. The van der Waals surface area contributed by atoms with Crippen molar-refractivity contribution in [3.05, 3.63) is 51.8 Å². The maximum Gasteiger partial charge on any atom is 0.336 e. The van der Waals surface area contributed by atoms with Gasteiger partial charge in [-0.1, -0.05) is 0 Å². The Balaban J connectivity index is 1.86. The summed E-state index contributed by atoms with van der Waals surface area (Å²) in [6.07, 6.45) is 2.40. The summed E-state index contributed by atoms with van der Waals surface area (Å²) in [5, 5.41) is 9.15. The van der Waals surface area contributed by atoms with E-state index >= 15 is 0 Å². The third kappa shape index (κ3) is 2.57. The molecule has 0 saturated heterocycles. The van der Waals surface area contributed by atoms with Gasteiger partial charge in [0.25, 0.3) is 0 Å². The van der Waals surface area contributed by atoms with Crippen LogP contribution >= 0.6 is 11.5 Å². The van der Waals surface area contributed by atoms with E-state index in [0.717, 1.165) is 35.2 Å². The largest absolute Gasteiger partial charge is 0.478 e. The van der Waals surface area contributed by atoms with Crippen LogP contribution in [0.2, 0.25) is 0 Å². The number of hydrogen-bond donors (Lipinski definition) is 1. The smallest absolute Gasteiger partial charge is 0.336 e. The predicted molar refractivity (Wildman–Crippen MR) is 73.3 cm³/mol. The van der Waals surface area contributed by atoms with Gasteiger partial charge in [-0.2, -0.15) is 0 Å². The highest BCUT2D eigenvalue weighted by atomic mass is 32.1. The summed E-state index contributed by atoms with van der Waals surface area (Å²) in [5.41, 5.74) is 1.63. The molecule has 20 heavy (non-hydrogen) atoms. The maximum atomic E-state index is 13.5. The van der Waals surface area contributed by atoms with Gasteiger partial charge < -0.3 is 5.11 Å². The SMILES string of the molecule is O=C(O)c1cc(F)cc2c1CCN(Cc1ccns1)C2. The maximum absolute atomic E-state index is 13.5. The minimum Gasteiger partial charge on any atom is -0.478 e. The van der Waals surface area contributed by atoms with Gasteiger partial charge in [0.1, 0.15) is 5.82 Å². The van der Waals surface area contributed by atoms with Crippen LogP contribution in [0.25, 0.3) is 0 Å². The highest BCUT2D eigenvalue weighted by molar-refractivity contribution is 7.05. The lowest BCUT2D eigenvalue weighted by Crippen LogP contribution is -2.31. The molecule has 1 aliphatic rings. The van der Waals surface area contributed by atoms with Gasteiger partial charge in [-0.25, -0.2) is 13.6 Å². The summed E-state index contributed by atoms with van der Waals surface area (Å²) in [7, 11) is 0. The van der Waals surface area contributed by atoms with Gasteiger partial charge in [-0.05, 0) is 47.3 Å². The first-order chi connectivity index (χ1) is 9.63. The fraction of sp³-hybridized carbons (Fsp3) is 0.286.